The van der Waals surface area contributed by atoms with E-state index in [1.165, 1.54) is 7.11 Å². The Hall–Kier alpha value is -1.49. The van der Waals surface area contributed by atoms with E-state index in [9.17, 15) is 9.59 Å². The van der Waals surface area contributed by atoms with Crippen LogP contribution in [0, 0.1) is 0 Å². The molecule has 0 bridgehead atoms. The van der Waals surface area contributed by atoms with E-state index in [1.807, 2.05) is 36.6 Å². The largest absolute Gasteiger partial charge is 0.467 e. The molecule has 0 aliphatic carbocycles. The lowest BCUT2D eigenvalue weighted by atomic mass is 9.93. The van der Waals surface area contributed by atoms with Crippen LogP contribution < -0.4 is 5.32 Å². The maximum atomic E-state index is 12.0. The Morgan fingerprint density at radius 1 is 1.30 bits per heavy atom. The van der Waals surface area contributed by atoms with Crippen LogP contribution >= 0.6 is 11.8 Å². The highest BCUT2D eigenvalue weighted by molar-refractivity contribution is 7.98. The third-order valence-electron chi connectivity index (χ3n) is 3.07. The van der Waals surface area contributed by atoms with Gasteiger partial charge < -0.3 is 10.1 Å². The van der Waals surface area contributed by atoms with E-state index in [0.717, 1.165) is 11.3 Å². The van der Waals surface area contributed by atoms with Gasteiger partial charge in [0, 0.05) is 18.1 Å². The lowest BCUT2D eigenvalue weighted by Gasteiger charge is -2.26. The number of ether oxygens (including phenoxy) is 1. The van der Waals surface area contributed by atoms with Crippen LogP contribution in [0.3, 0.4) is 0 Å². The first-order valence-electron chi connectivity index (χ1n) is 6.55. The average Bonchev–Trinajstić information content (AvgIpc) is 2.50. The van der Waals surface area contributed by atoms with Gasteiger partial charge in [0.2, 0.25) is 5.91 Å². The van der Waals surface area contributed by atoms with Crippen molar-refractivity contribution in [3.63, 3.8) is 0 Å². The summed E-state index contributed by atoms with van der Waals surface area (Å²) in [6.07, 6.45) is 2.32. The molecule has 0 heterocycles. The summed E-state index contributed by atoms with van der Waals surface area (Å²) in [5.74, 6) is 0.0691. The second-order valence-corrected chi connectivity index (χ2v) is 5.31. The monoisotopic (exact) mass is 295 g/mol. The second-order valence-electron chi connectivity index (χ2n) is 4.39. The van der Waals surface area contributed by atoms with Crippen LogP contribution in [0.15, 0.2) is 30.3 Å². The Morgan fingerprint density at radius 2 is 1.95 bits per heavy atom. The summed E-state index contributed by atoms with van der Waals surface area (Å²) >= 11 is 1.64. The number of benzene rings is 1. The molecule has 4 nitrogen and oxygen atoms in total. The smallest absolute Gasteiger partial charge is 0.329 e. The average molecular weight is 295 g/mol. The predicted octanol–water partition coefficient (Wildman–Crippen LogP) is 2.20. The molecule has 110 valence electrons. The molecule has 0 saturated carbocycles. The van der Waals surface area contributed by atoms with E-state index in [0.29, 0.717) is 6.42 Å². The van der Waals surface area contributed by atoms with Gasteiger partial charge in [0.1, 0.15) is 6.04 Å². The van der Waals surface area contributed by atoms with E-state index in [-0.39, 0.29) is 11.8 Å². The molecular formula is C15H21NO3S. The molecular weight excluding hydrogens is 274 g/mol. The van der Waals surface area contributed by atoms with Gasteiger partial charge in [0.15, 0.2) is 0 Å². The minimum Gasteiger partial charge on any atom is -0.467 e. The molecule has 1 amide bonds. The highest BCUT2D eigenvalue weighted by Gasteiger charge is 2.31. The van der Waals surface area contributed by atoms with Gasteiger partial charge in [-0.3, -0.25) is 4.79 Å². The van der Waals surface area contributed by atoms with Crippen molar-refractivity contribution >= 4 is 23.6 Å². The van der Waals surface area contributed by atoms with E-state index >= 15 is 0 Å². The molecule has 0 aromatic heterocycles. The Labute approximate surface area is 124 Å². The number of thioether (sulfide) groups is 1. The molecule has 0 saturated heterocycles. The number of amides is 1. The first-order valence-corrected chi connectivity index (χ1v) is 7.94. The van der Waals surface area contributed by atoms with E-state index in [2.05, 4.69) is 5.32 Å². The highest BCUT2D eigenvalue weighted by atomic mass is 32.2. The third-order valence-corrected chi connectivity index (χ3v) is 3.76. The lowest BCUT2D eigenvalue weighted by Crippen LogP contribution is -2.46. The zero-order valence-corrected chi connectivity index (χ0v) is 12.9. The fourth-order valence-corrected chi connectivity index (χ4v) is 2.73. The standard InChI is InChI=1S/C15H21NO3S/c1-4-13(17)16-14(15(18)19-2)12(10-20-3)11-8-6-5-7-9-11/h5-9,12,14H,4,10H2,1-3H3,(H,16,17)/t12?,14-/m0/s1. The minimum atomic E-state index is -0.651. The Kier molecular flexibility index (Phi) is 7.15. The van der Waals surface area contributed by atoms with Crippen LogP contribution in [0.1, 0.15) is 24.8 Å². The number of carbonyl (C=O) groups excluding carboxylic acids is 2. The number of hydrogen-bond acceptors (Lipinski definition) is 4. The lowest BCUT2D eigenvalue weighted by molar-refractivity contribution is -0.145. The van der Waals surface area contributed by atoms with E-state index < -0.39 is 12.0 Å². The molecule has 0 aliphatic rings. The summed E-state index contributed by atoms with van der Waals surface area (Å²) in [6.45, 7) is 1.76. The quantitative estimate of drug-likeness (QED) is 0.784. The molecule has 0 radical (unpaired) electrons. The molecule has 1 unspecified atom stereocenters. The van der Waals surface area contributed by atoms with Gasteiger partial charge in [-0.2, -0.15) is 11.8 Å². The van der Waals surface area contributed by atoms with Crippen molar-refractivity contribution in [2.24, 2.45) is 0 Å². The van der Waals surface area contributed by atoms with E-state index in [4.69, 9.17) is 4.74 Å². The summed E-state index contributed by atoms with van der Waals surface area (Å²) in [6, 6.07) is 9.07. The summed E-state index contributed by atoms with van der Waals surface area (Å²) in [5.41, 5.74) is 1.02. The van der Waals surface area contributed by atoms with E-state index in [1.54, 1.807) is 18.7 Å². The first kappa shape index (κ1) is 16.6. The van der Waals surface area contributed by atoms with Crippen LogP contribution in [0.25, 0.3) is 0 Å². The summed E-state index contributed by atoms with van der Waals surface area (Å²) in [5, 5.41) is 2.77. The molecule has 1 rings (SSSR count). The Balaban J connectivity index is 3.04. The van der Waals surface area contributed by atoms with Crippen LogP contribution in [0.4, 0.5) is 0 Å². The van der Waals surface area contributed by atoms with Crippen molar-refractivity contribution in [2.75, 3.05) is 19.1 Å². The number of methoxy groups -OCH3 is 1. The molecule has 2 atom stereocenters. The normalized spacial score (nSPS) is 13.3. The van der Waals surface area contributed by atoms with Crippen molar-refractivity contribution in [3.8, 4) is 0 Å². The minimum absolute atomic E-state index is 0.103. The number of carbonyl (C=O) groups is 2. The summed E-state index contributed by atoms with van der Waals surface area (Å²) in [4.78, 5) is 23.7. The maximum absolute atomic E-state index is 12.0. The van der Waals surface area contributed by atoms with Crippen molar-refractivity contribution in [1.82, 2.24) is 5.32 Å². The molecule has 0 fully saturated rings. The van der Waals surface area contributed by atoms with Crippen LogP contribution in [0.2, 0.25) is 0 Å². The number of rotatable bonds is 7. The number of hydrogen-bond donors (Lipinski definition) is 1. The van der Waals surface area contributed by atoms with Crippen molar-refractivity contribution in [2.45, 2.75) is 25.3 Å². The van der Waals surface area contributed by atoms with Crippen LogP contribution in [-0.2, 0) is 14.3 Å². The zero-order chi connectivity index (χ0) is 15.0. The van der Waals surface area contributed by atoms with Gasteiger partial charge in [-0.05, 0) is 11.8 Å². The zero-order valence-electron chi connectivity index (χ0n) is 12.1. The predicted molar refractivity (Wildman–Crippen MR) is 81.8 cm³/mol. The van der Waals surface area contributed by atoms with Gasteiger partial charge in [-0.15, -0.1) is 0 Å². The topological polar surface area (TPSA) is 55.4 Å². The van der Waals surface area contributed by atoms with Crippen LogP contribution in [0.5, 0.6) is 0 Å². The maximum Gasteiger partial charge on any atom is 0.329 e. The Morgan fingerprint density at radius 3 is 2.45 bits per heavy atom. The highest BCUT2D eigenvalue weighted by Crippen LogP contribution is 2.24. The molecule has 1 aromatic rings. The number of nitrogens with one attached hydrogen (secondary N) is 1. The molecule has 20 heavy (non-hydrogen) atoms. The van der Waals surface area contributed by atoms with Gasteiger partial charge in [-0.25, -0.2) is 4.79 Å². The van der Waals surface area contributed by atoms with Gasteiger partial charge in [0.25, 0.3) is 0 Å². The van der Waals surface area contributed by atoms with Crippen molar-refractivity contribution < 1.29 is 14.3 Å². The van der Waals surface area contributed by atoms with Gasteiger partial charge in [-0.1, -0.05) is 37.3 Å². The number of esters is 1. The fourth-order valence-electron chi connectivity index (χ4n) is 1.99. The molecule has 1 aromatic carbocycles. The molecule has 5 heteroatoms. The summed E-state index contributed by atoms with van der Waals surface area (Å²) in [7, 11) is 1.34. The molecule has 0 spiro atoms. The Bertz CT molecular complexity index is 436. The fraction of sp³-hybridized carbons (Fsp3) is 0.467. The summed E-state index contributed by atoms with van der Waals surface area (Å²) < 4.78 is 4.84. The molecule has 0 aliphatic heterocycles. The van der Waals surface area contributed by atoms with Gasteiger partial charge >= 0.3 is 5.97 Å². The second kappa shape index (κ2) is 8.64. The molecule has 1 N–H and O–H groups in total. The van der Waals surface area contributed by atoms with Crippen LogP contribution in [-0.4, -0.2) is 37.0 Å². The third kappa shape index (κ3) is 4.56. The van der Waals surface area contributed by atoms with Crippen molar-refractivity contribution in [3.05, 3.63) is 35.9 Å². The van der Waals surface area contributed by atoms with Gasteiger partial charge in [0.05, 0.1) is 7.11 Å². The first-order chi connectivity index (χ1) is 9.63. The van der Waals surface area contributed by atoms with Crippen molar-refractivity contribution in [1.29, 1.82) is 0 Å². The SMILES string of the molecule is CCC(=O)N[C@H](C(=O)OC)C(CSC)c1ccccc1.